The zero-order chi connectivity index (χ0) is 27.1. The number of fused-ring (bicyclic) bond motifs is 2. The molecule has 0 atom stereocenters. The number of esters is 1. The summed E-state index contributed by atoms with van der Waals surface area (Å²) in [4.78, 5) is 33.6. The third-order valence-corrected chi connectivity index (χ3v) is 8.77. The molecule has 1 saturated carbocycles. The highest BCUT2D eigenvalue weighted by atomic mass is 32.1. The summed E-state index contributed by atoms with van der Waals surface area (Å²) >= 11 is 1.64. The minimum absolute atomic E-state index is 0.0597. The molecule has 0 radical (unpaired) electrons. The Balaban J connectivity index is 1.26. The van der Waals surface area contributed by atoms with Crippen LogP contribution in [0.1, 0.15) is 67.6 Å². The van der Waals surface area contributed by atoms with Crippen molar-refractivity contribution in [3.63, 3.8) is 0 Å². The van der Waals surface area contributed by atoms with Crippen molar-refractivity contribution in [2.24, 2.45) is 11.3 Å². The van der Waals surface area contributed by atoms with Crippen molar-refractivity contribution in [2.45, 2.75) is 70.9 Å². The molecule has 2 aliphatic rings. The average Bonchev–Trinajstić information content (AvgIpc) is 3.38. The van der Waals surface area contributed by atoms with Gasteiger partial charge in [0.2, 0.25) is 5.91 Å². The zero-order valence-electron chi connectivity index (χ0n) is 23.2. The first-order valence-electron chi connectivity index (χ1n) is 13.6. The number of carbonyl (C=O) groups is 2. The molecular formula is C31H39N3O3S. The van der Waals surface area contributed by atoms with Crippen LogP contribution in [0.3, 0.4) is 0 Å². The lowest BCUT2D eigenvalue weighted by molar-refractivity contribution is -0.160. The van der Waals surface area contributed by atoms with Crippen LogP contribution in [0.5, 0.6) is 0 Å². The Hall–Kier alpha value is -2.77. The molecule has 0 bridgehead atoms. The summed E-state index contributed by atoms with van der Waals surface area (Å²) in [6.45, 7) is 7.07. The summed E-state index contributed by atoms with van der Waals surface area (Å²) < 4.78 is 6.78. The largest absolute Gasteiger partial charge is 0.460 e. The minimum Gasteiger partial charge on any atom is -0.460 e. The van der Waals surface area contributed by atoms with Gasteiger partial charge in [-0.2, -0.15) is 0 Å². The van der Waals surface area contributed by atoms with Crippen LogP contribution in [-0.2, 0) is 33.7 Å². The van der Waals surface area contributed by atoms with Crippen molar-refractivity contribution in [1.29, 1.82) is 0 Å². The number of nitrogens with one attached hydrogen (secondary N) is 1. The van der Waals surface area contributed by atoms with Gasteiger partial charge in [-0.1, -0.05) is 30.3 Å². The van der Waals surface area contributed by atoms with Gasteiger partial charge in [-0.05, 0) is 101 Å². The van der Waals surface area contributed by atoms with E-state index in [0.717, 1.165) is 34.1 Å². The second-order valence-electron chi connectivity index (χ2n) is 12.5. The number of nitrogens with zero attached hydrogens (tertiary/aromatic N) is 2. The third kappa shape index (κ3) is 5.94. The molecular weight excluding hydrogens is 494 g/mol. The van der Waals surface area contributed by atoms with Crippen LogP contribution in [0.15, 0.2) is 42.5 Å². The van der Waals surface area contributed by atoms with Crippen molar-refractivity contribution in [3.05, 3.63) is 64.2 Å². The van der Waals surface area contributed by atoms with Crippen molar-refractivity contribution in [1.82, 2.24) is 15.2 Å². The van der Waals surface area contributed by atoms with E-state index in [1.165, 1.54) is 23.1 Å². The average molecular weight is 534 g/mol. The molecule has 0 aliphatic heterocycles. The lowest BCUT2D eigenvalue weighted by atomic mass is 9.71. The predicted molar refractivity (Wildman–Crippen MR) is 152 cm³/mol. The number of hydrogen-bond acceptors (Lipinski definition) is 6. The molecule has 202 valence electrons. The molecule has 1 amide bonds. The second-order valence-corrected chi connectivity index (χ2v) is 13.6. The number of hydrogen-bond donors (Lipinski definition) is 1. The summed E-state index contributed by atoms with van der Waals surface area (Å²) in [5.74, 6) is 0.969. The Morgan fingerprint density at radius 1 is 1.11 bits per heavy atom. The summed E-state index contributed by atoms with van der Waals surface area (Å²) in [5.41, 5.74) is 3.19. The first-order chi connectivity index (χ1) is 18.0. The number of carbonyl (C=O) groups excluding carboxylic acids is 2. The SMILES string of the molecule is CN(C)C[C@H]1C[C@H](c2ccc3nc(CNC(=O)C4(CC(=O)OC(C)(C)C)Cc5ccccc5C4)sc3c2)C1. The molecule has 2 aromatic carbocycles. The molecule has 0 spiro atoms. The van der Waals surface area contributed by atoms with Gasteiger partial charge in [0.1, 0.15) is 10.6 Å². The Bertz CT molecular complexity index is 1310. The van der Waals surface area contributed by atoms with Crippen molar-refractivity contribution >= 4 is 33.4 Å². The topological polar surface area (TPSA) is 71.5 Å². The molecule has 1 heterocycles. The molecule has 1 N–H and O–H groups in total. The Kier molecular flexibility index (Phi) is 7.35. The molecule has 1 aromatic heterocycles. The first-order valence-corrected chi connectivity index (χ1v) is 14.4. The molecule has 0 unspecified atom stereocenters. The fraction of sp³-hybridized carbons (Fsp3) is 0.516. The van der Waals surface area contributed by atoms with E-state index >= 15 is 0 Å². The highest BCUT2D eigenvalue weighted by molar-refractivity contribution is 7.18. The van der Waals surface area contributed by atoms with Gasteiger partial charge in [0.15, 0.2) is 0 Å². The molecule has 2 aliphatic carbocycles. The van der Waals surface area contributed by atoms with Crippen LogP contribution in [-0.4, -0.2) is 48.0 Å². The smallest absolute Gasteiger partial charge is 0.307 e. The van der Waals surface area contributed by atoms with Crippen LogP contribution in [0.2, 0.25) is 0 Å². The van der Waals surface area contributed by atoms with E-state index in [1.807, 2.05) is 32.9 Å². The van der Waals surface area contributed by atoms with Gasteiger partial charge >= 0.3 is 5.97 Å². The zero-order valence-corrected chi connectivity index (χ0v) is 24.0. The maximum atomic E-state index is 13.7. The molecule has 0 saturated heterocycles. The van der Waals surface area contributed by atoms with Crippen LogP contribution < -0.4 is 5.32 Å². The van der Waals surface area contributed by atoms with Crippen LogP contribution in [0.25, 0.3) is 10.2 Å². The molecule has 7 heteroatoms. The van der Waals surface area contributed by atoms with Gasteiger partial charge in [-0.15, -0.1) is 11.3 Å². The summed E-state index contributed by atoms with van der Waals surface area (Å²) in [6.07, 6.45) is 3.62. The summed E-state index contributed by atoms with van der Waals surface area (Å²) in [7, 11) is 4.28. The van der Waals surface area contributed by atoms with Gasteiger partial charge < -0.3 is 15.0 Å². The predicted octanol–water partition coefficient (Wildman–Crippen LogP) is 5.48. The van der Waals surface area contributed by atoms with Gasteiger partial charge in [0.25, 0.3) is 0 Å². The number of rotatable bonds is 8. The lowest BCUT2D eigenvalue weighted by Gasteiger charge is -2.37. The van der Waals surface area contributed by atoms with E-state index in [1.54, 1.807) is 11.3 Å². The quantitative estimate of drug-likeness (QED) is 0.388. The van der Waals surface area contributed by atoms with E-state index < -0.39 is 11.0 Å². The first kappa shape index (κ1) is 26.8. The number of benzene rings is 2. The van der Waals surface area contributed by atoms with Gasteiger partial charge in [-0.25, -0.2) is 4.98 Å². The highest BCUT2D eigenvalue weighted by Crippen LogP contribution is 2.43. The van der Waals surface area contributed by atoms with Crippen molar-refractivity contribution < 1.29 is 14.3 Å². The van der Waals surface area contributed by atoms with E-state index in [-0.39, 0.29) is 18.3 Å². The van der Waals surface area contributed by atoms with E-state index in [4.69, 9.17) is 9.72 Å². The number of ether oxygens (including phenoxy) is 1. The molecule has 38 heavy (non-hydrogen) atoms. The van der Waals surface area contributed by atoms with Crippen LogP contribution in [0.4, 0.5) is 0 Å². The van der Waals surface area contributed by atoms with Crippen molar-refractivity contribution in [3.8, 4) is 0 Å². The monoisotopic (exact) mass is 533 g/mol. The van der Waals surface area contributed by atoms with Crippen molar-refractivity contribution in [2.75, 3.05) is 20.6 Å². The van der Waals surface area contributed by atoms with E-state index in [9.17, 15) is 9.59 Å². The maximum absolute atomic E-state index is 13.7. The fourth-order valence-corrected chi connectivity index (χ4v) is 7.00. The third-order valence-electron chi connectivity index (χ3n) is 7.75. The highest BCUT2D eigenvalue weighted by Gasteiger charge is 2.46. The molecule has 3 aromatic rings. The maximum Gasteiger partial charge on any atom is 0.307 e. The Labute approximate surface area is 229 Å². The fourth-order valence-electron chi connectivity index (χ4n) is 6.05. The normalized spacial score (nSPS) is 20.3. The van der Waals surface area contributed by atoms with Gasteiger partial charge in [0, 0.05) is 6.54 Å². The lowest BCUT2D eigenvalue weighted by Crippen LogP contribution is -2.44. The number of thiazole rings is 1. The Morgan fingerprint density at radius 2 is 1.79 bits per heavy atom. The minimum atomic E-state index is -0.844. The van der Waals surface area contributed by atoms with E-state index in [2.05, 4.69) is 54.6 Å². The second kappa shape index (κ2) is 10.4. The van der Waals surface area contributed by atoms with Crippen LogP contribution in [0, 0.1) is 11.3 Å². The number of amides is 1. The summed E-state index contributed by atoms with van der Waals surface area (Å²) in [6, 6.07) is 14.7. The van der Waals surface area contributed by atoms with E-state index in [0.29, 0.717) is 25.3 Å². The summed E-state index contributed by atoms with van der Waals surface area (Å²) in [5, 5.41) is 4.01. The standard InChI is InChI=1S/C31H39N3O3S/c1-30(2,3)37-28(35)17-31(15-22-8-6-7-9-23(22)16-31)29(36)32-18-27-33-25-11-10-21(14-26(25)38-27)24-12-20(13-24)19-34(4)5/h6-11,14,20,24H,12-13,15-19H2,1-5H3,(H,32,36)/t20-,24-. The van der Waals surface area contributed by atoms with Gasteiger partial charge in [-0.3, -0.25) is 9.59 Å². The Morgan fingerprint density at radius 3 is 2.42 bits per heavy atom. The van der Waals surface area contributed by atoms with Crippen LogP contribution >= 0.6 is 11.3 Å². The molecule has 1 fully saturated rings. The number of aromatic nitrogens is 1. The molecule has 5 rings (SSSR count). The van der Waals surface area contributed by atoms with Gasteiger partial charge in [0.05, 0.1) is 28.6 Å². The molecule has 6 nitrogen and oxygen atoms in total.